The molecule has 4 rings (SSSR count). The van der Waals surface area contributed by atoms with Gasteiger partial charge in [0.25, 0.3) is 0 Å². The number of hydrogen-bond acceptors (Lipinski definition) is 3. The minimum atomic E-state index is 0.391. The first kappa shape index (κ1) is 20.2. The van der Waals surface area contributed by atoms with Crippen LogP contribution < -0.4 is 15.0 Å². The molecule has 0 unspecified atom stereocenters. The van der Waals surface area contributed by atoms with Crippen molar-refractivity contribution in [1.29, 1.82) is 0 Å². The number of aryl methyl sites for hydroxylation is 1. The number of piperazine rings is 1. The van der Waals surface area contributed by atoms with Crippen molar-refractivity contribution >= 4 is 28.7 Å². The lowest BCUT2D eigenvalue weighted by Crippen LogP contribution is -2.54. The molecule has 0 aromatic heterocycles. The maximum atomic E-state index is 5.85. The van der Waals surface area contributed by atoms with Crippen molar-refractivity contribution in [2.24, 2.45) is 0 Å². The molecule has 0 bridgehead atoms. The summed E-state index contributed by atoms with van der Waals surface area (Å²) in [5.41, 5.74) is 3.54. The van der Waals surface area contributed by atoms with Crippen molar-refractivity contribution in [3.63, 3.8) is 0 Å². The van der Waals surface area contributed by atoms with E-state index < -0.39 is 0 Å². The highest BCUT2D eigenvalue weighted by Crippen LogP contribution is 2.24. The van der Waals surface area contributed by atoms with Gasteiger partial charge in [-0.2, -0.15) is 0 Å². The lowest BCUT2D eigenvalue weighted by atomic mass is 10.1. The molecule has 3 aromatic rings. The maximum absolute atomic E-state index is 5.85. The van der Waals surface area contributed by atoms with Crippen LogP contribution in [0, 0.1) is 6.92 Å². The Kier molecular flexibility index (Phi) is 6.19. The van der Waals surface area contributed by atoms with Gasteiger partial charge in [-0.15, -0.1) is 0 Å². The average Bonchev–Trinajstić information content (AvgIpc) is 2.76. The van der Waals surface area contributed by atoms with Gasteiger partial charge in [0.1, 0.15) is 11.5 Å². The zero-order chi connectivity index (χ0) is 20.9. The molecule has 4 nitrogen and oxygen atoms in total. The first-order valence-electron chi connectivity index (χ1n) is 10.3. The van der Waals surface area contributed by atoms with Crippen LogP contribution in [0.2, 0.25) is 0 Å². The van der Waals surface area contributed by atoms with Crippen molar-refractivity contribution in [1.82, 2.24) is 4.90 Å². The average molecular weight is 418 g/mol. The molecular weight excluding hydrogens is 390 g/mol. The Labute approximate surface area is 184 Å². The molecule has 1 atom stereocenters. The molecule has 1 aliphatic heterocycles. The number of ether oxygens (including phenoxy) is 1. The normalized spacial score (nSPS) is 16.3. The fourth-order valence-electron chi connectivity index (χ4n) is 3.77. The Morgan fingerprint density at radius 2 is 1.67 bits per heavy atom. The van der Waals surface area contributed by atoms with E-state index in [1.54, 1.807) is 0 Å². The molecule has 0 saturated carbocycles. The summed E-state index contributed by atoms with van der Waals surface area (Å²) in [6.07, 6.45) is 0. The Morgan fingerprint density at radius 3 is 2.37 bits per heavy atom. The third-order valence-corrected chi connectivity index (χ3v) is 5.69. The minimum Gasteiger partial charge on any atom is -0.457 e. The quantitative estimate of drug-likeness (QED) is 0.550. The standard InChI is InChI=1S/C25H27N3OS/c1-19-7-6-8-22(17-19)28-16-15-27(18-20(28)2)25(30)26-21-11-13-24(14-12-21)29-23-9-4-3-5-10-23/h3-14,17,20H,15-16,18H2,1-2H3,(H,26,30)/t20-/m0/s1. The van der Waals surface area contributed by atoms with Crippen LogP contribution in [-0.2, 0) is 0 Å². The summed E-state index contributed by atoms with van der Waals surface area (Å²) in [7, 11) is 0. The number of nitrogens with one attached hydrogen (secondary N) is 1. The zero-order valence-corrected chi connectivity index (χ0v) is 18.2. The first-order valence-corrected chi connectivity index (χ1v) is 10.7. The van der Waals surface area contributed by atoms with Crippen LogP contribution in [0.5, 0.6) is 11.5 Å². The predicted molar refractivity (Wildman–Crippen MR) is 129 cm³/mol. The van der Waals surface area contributed by atoms with Gasteiger partial charge in [-0.3, -0.25) is 0 Å². The molecule has 0 radical (unpaired) electrons. The van der Waals surface area contributed by atoms with E-state index in [0.29, 0.717) is 6.04 Å². The monoisotopic (exact) mass is 417 g/mol. The second-order valence-electron chi connectivity index (χ2n) is 7.70. The van der Waals surface area contributed by atoms with E-state index in [2.05, 4.69) is 53.2 Å². The molecule has 0 amide bonds. The summed E-state index contributed by atoms with van der Waals surface area (Å²) in [6.45, 7) is 7.15. The molecule has 30 heavy (non-hydrogen) atoms. The summed E-state index contributed by atoms with van der Waals surface area (Å²) in [5.74, 6) is 1.63. The van der Waals surface area contributed by atoms with E-state index in [9.17, 15) is 0 Å². The number of thiocarbonyl (C=S) groups is 1. The second-order valence-corrected chi connectivity index (χ2v) is 8.08. The van der Waals surface area contributed by atoms with Gasteiger partial charge in [0.15, 0.2) is 5.11 Å². The molecule has 5 heteroatoms. The fourth-order valence-corrected chi connectivity index (χ4v) is 4.05. The van der Waals surface area contributed by atoms with Crippen molar-refractivity contribution < 1.29 is 4.74 Å². The Bertz CT molecular complexity index is 991. The third-order valence-electron chi connectivity index (χ3n) is 5.33. The molecule has 3 aromatic carbocycles. The van der Waals surface area contributed by atoms with Gasteiger partial charge < -0.3 is 19.9 Å². The molecule has 154 valence electrons. The van der Waals surface area contributed by atoms with Gasteiger partial charge in [0, 0.05) is 37.1 Å². The van der Waals surface area contributed by atoms with Crippen LogP contribution in [0.25, 0.3) is 0 Å². The maximum Gasteiger partial charge on any atom is 0.173 e. The number of hydrogen-bond donors (Lipinski definition) is 1. The molecule has 1 saturated heterocycles. The van der Waals surface area contributed by atoms with Gasteiger partial charge in [0.2, 0.25) is 0 Å². The van der Waals surface area contributed by atoms with E-state index in [0.717, 1.165) is 41.9 Å². The van der Waals surface area contributed by atoms with Crippen LogP contribution in [0.15, 0.2) is 78.9 Å². The predicted octanol–water partition coefficient (Wildman–Crippen LogP) is 5.69. The fraction of sp³-hybridized carbons (Fsp3) is 0.240. The first-order chi connectivity index (χ1) is 14.6. The molecule has 1 aliphatic rings. The van der Waals surface area contributed by atoms with Crippen LogP contribution in [0.1, 0.15) is 12.5 Å². The van der Waals surface area contributed by atoms with E-state index in [-0.39, 0.29) is 0 Å². The van der Waals surface area contributed by atoms with Crippen molar-refractivity contribution in [2.75, 3.05) is 29.9 Å². The van der Waals surface area contributed by atoms with Gasteiger partial charge in [-0.05, 0) is 80.2 Å². The van der Waals surface area contributed by atoms with Crippen molar-refractivity contribution in [3.8, 4) is 11.5 Å². The highest BCUT2D eigenvalue weighted by atomic mass is 32.1. The van der Waals surface area contributed by atoms with Crippen LogP contribution in [0.3, 0.4) is 0 Å². The number of rotatable bonds is 4. The van der Waals surface area contributed by atoms with Gasteiger partial charge >= 0.3 is 0 Å². The summed E-state index contributed by atoms with van der Waals surface area (Å²) >= 11 is 5.69. The van der Waals surface area contributed by atoms with Gasteiger partial charge in [-0.25, -0.2) is 0 Å². The Morgan fingerprint density at radius 1 is 0.933 bits per heavy atom. The largest absolute Gasteiger partial charge is 0.457 e. The summed E-state index contributed by atoms with van der Waals surface area (Å²) < 4.78 is 5.85. The molecule has 1 heterocycles. The number of benzene rings is 3. The number of para-hydroxylation sites is 1. The highest BCUT2D eigenvalue weighted by Gasteiger charge is 2.25. The van der Waals surface area contributed by atoms with E-state index in [1.165, 1.54) is 11.3 Å². The van der Waals surface area contributed by atoms with E-state index >= 15 is 0 Å². The minimum absolute atomic E-state index is 0.391. The Balaban J connectivity index is 1.33. The van der Waals surface area contributed by atoms with Crippen molar-refractivity contribution in [3.05, 3.63) is 84.4 Å². The van der Waals surface area contributed by atoms with Crippen LogP contribution in [0.4, 0.5) is 11.4 Å². The van der Waals surface area contributed by atoms with E-state index in [4.69, 9.17) is 17.0 Å². The molecule has 0 spiro atoms. The summed E-state index contributed by atoms with van der Waals surface area (Å²) in [4.78, 5) is 4.71. The number of anilines is 2. The summed E-state index contributed by atoms with van der Waals surface area (Å²) in [6, 6.07) is 26.8. The zero-order valence-electron chi connectivity index (χ0n) is 17.4. The van der Waals surface area contributed by atoms with Crippen LogP contribution in [-0.4, -0.2) is 35.7 Å². The third kappa shape index (κ3) is 4.92. The lowest BCUT2D eigenvalue weighted by molar-refractivity contribution is 0.342. The van der Waals surface area contributed by atoms with Gasteiger partial charge in [0.05, 0.1) is 0 Å². The topological polar surface area (TPSA) is 27.7 Å². The number of nitrogens with zero attached hydrogens (tertiary/aromatic N) is 2. The van der Waals surface area contributed by atoms with Gasteiger partial charge in [-0.1, -0.05) is 30.3 Å². The molecule has 0 aliphatic carbocycles. The van der Waals surface area contributed by atoms with E-state index in [1.807, 2.05) is 54.6 Å². The van der Waals surface area contributed by atoms with Crippen LogP contribution >= 0.6 is 12.2 Å². The molecule has 1 fully saturated rings. The Hall–Kier alpha value is -3.05. The summed E-state index contributed by atoms with van der Waals surface area (Å²) in [5, 5.41) is 4.14. The molecule has 1 N–H and O–H groups in total. The second kappa shape index (κ2) is 9.18. The smallest absolute Gasteiger partial charge is 0.173 e. The van der Waals surface area contributed by atoms with Crippen molar-refractivity contribution in [2.45, 2.75) is 19.9 Å². The SMILES string of the molecule is Cc1cccc(N2CCN(C(=S)Nc3ccc(Oc4ccccc4)cc3)C[C@@H]2C)c1. The molecular formula is C25H27N3OS. The highest BCUT2D eigenvalue weighted by molar-refractivity contribution is 7.80. The lowest BCUT2D eigenvalue weighted by Gasteiger charge is -2.42.